The minimum Gasteiger partial charge on any atom is -0.383 e. The summed E-state index contributed by atoms with van der Waals surface area (Å²) in [6.07, 6.45) is 0.825. The Morgan fingerprint density at radius 2 is 1.88 bits per heavy atom. The van der Waals surface area contributed by atoms with Crippen molar-refractivity contribution in [2.75, 3.05) is 18.4 Å². The highest BCUT2D eigenvalue weighted by Crippen LogP contribution is 2.49. The van der Waals surface area contributed by atoms with E-state index in [0.717, 1.165) is 17.7 Å². The molecular weight excluding hydrogens is 342 g/mol. The molecule has 0 aromatic heterocycles. The fourth-order valence-corrected chi connectivity index (χ4v) is 3.10. The van der Waals surface area contributed by atoms with Crippen molar-refractivity contribution in [3.63, 3.8) is 0 Å². The van der Waals surface area contributed by atoms with Crippen molar-refractivity contribution in [2.24, 2.45) is 5.92 Å². The lowest BCUT2D eigenvalue weighted by Crippen LogP contribution is -2.30. The molecule has 6 nitrogen and oxygen atoms in total. The first kappa shape index (κ1) is 17.2. The van der Waals surface area contributed by atoms with E-state index >= 15 is 0 Å². The lowest BCUT2D eigenvalue weighted by Gasteiger charge is -2.08. The van der Waals surface area contributed by atoms with E-state index in [1.54, 1.807) is 12.1 Å². The molecule has 2 N–H and O–H groups in total. The number of anilines is 1. The van der Waals surface area contributed by atoms with Crippen molar-refractivity contribution in [3.8, 4) is 0 Å². The van der Waals surface area contributed by atoms with Gasteiger partial charge in [-0.05, 0) is 36.1 Å². The van der Waals surface area contributed by atoms with E-state index in [9.17, 15) is 14.9 Å². The molecule has 2 unspecified atom stereocenters. The van der Waals surface area contributed by atoms with Crippen LogP contribution in [0, 0.1) is 16.0 Å². The summed E-state index contributed by atoms with van der Waals surface area (Å²) in [6, 6.07) is 13.8. The van der Waals surface area contributed by atoms with Crippen LogP contribution < -0.4 is 10.6 Å². The summed E-state index contributed by atoms with van der Waals surface area (Å²) in [7, 11) is 0. The third-order valence-electron chi connectivity index (χ3n) is 4.26. The van der Waals surface area contributed by atoms with Crippen LogP contribution in [0.5, 0.6) is 0 Å². The maximum absolute atomic E-state index is 12.2. The Hall–Kier alpha value is -2.60. The van der Waals surface area contributed by atoms with Gasteiger partial charge in [0.1, 0.15) is 0 Å². The van der Waals surface area contributed by atoms with Gasteiger partial charge in [0.2, 0.25) is 5.91 Å². The highest BCUT2D eigenvalue weighted by Gasteiger charge is 2.44. The number of carbonyl (C=O) groups excluding carboxylic acids is 1. The maximum Gasteiger partial charge on any atom is 0.269 e. The molecule has 1 amide bonds. The third kappa shape index (κ3) is 4.28. The van der Waals surface area contributed by atoms with Gasteiger partial charge >= 0.3 is 0 Å². The van der Waals surface area contributed by atoms with Crippen molar-refractivity contribution in [3.05, 3.63) is 69.2 Å². The second kappa shape index (κ2) is 7.53. The number of nitro groups is 1. The molecule has 2 aromatic carbocycles. The van der Waals surface area contributed by atoms with Crippen LogP contribution in [0.3, 0.4) is 0 Å². The molecule has 1 aliphatic carbocycles. The molecule has 2 aromatic rings. The number of rotatable bonds is 7. The van der Waals surface area contributed by atoms with Gasteiger partial charge < -0.3 is 10.6 Å². The van der Waals surface area contributed by atoms with Gasteiger partial charge in [-0.3, -0.25) is 14.9 Å². The zero-order chi connectivity index (χ0) is 17.8. The predicted octanol–water partition coefficient (Wildman–Crippen LogP) is 3.58. The van der Waals surface area contributed by atoms with Gasteiger partial charge in [0.05, 0.1) is 4.92 Å². The third-order valence-corrected chi connectivity index (χ3v) is 4.61. The van der Waals surface area contributed by atoms with Gasteiger partial charge in [0, 0.05) is 41.9 Å². The van der Waals surface area contributed by atoms with Crippen LogP contribution in [-0.4, -0.2) is 23.9 Å². The Labute approximate surface area is 150 Å². The summed E-state index contributed by atoms with van der Waals surface area (Å²) < 4.78 is 0. The predicted molar refractivity (Wildman–Crippen MR) is 96.9 cm³/mol. The van der Waals surface area contributed by atoms with Crippen LogP contribution in [0.4, 0.5) is 11.4 Å². The van der Waals surface area contributed by atoms with Crippen molar-refractivity contribution in [2.45, 2.75) is 12.3 Å². The highest BCUT2D eigenvalue weighted by atomic mass is 35.5. The van der Waals surface area contributed by atoms with Gasteiger partial charge in [-0.2, -0.15) is 0 Å². The molecule has 1 fully saturated rings. The molecule has 0 bridgehead atoms. The summed E-state index contributed by atoms with van der Waals surface area (Å²) in [5, 5.41) is 17.3. The minimum absolute atomic E-state index is 0.0146. The fraction of sp³-hybridized carbons (Fsp3) is 0.278. The summed E-state index contributed by atoms with van der Waals surface area (Å²) in [4.78, 5) is 22.3. The molecule has 2 atom stereocenters. The number of halogens is 1. The van der Waals surface area contributed by atoms with Crippen LogP contribution in [0.2, 0.25) is 5.02 Å². The van der Waals surface area contributed by atoms with E-state index in [-0.39, 0.29) is 23.4 Å². The fourth-order valence-electron chi connectivity index (χ4n) is 2.83. The number of nitrogens with zero attached hydrogens (tertiary/aromatic N) is 1. The van der Waals surface area contributed by atoms with E-state index in [1.807, 2.05) is 24.3 Å². The maximum atomic E-state index is 12.2. The molecule has 3 rings (SSSR count). The number of nitrogens with one attached hydrogen (secondary N) is 2. The first-order valence-electron chi connectivity index (χ1n) is 8.06. The Bertz CT molecular complexity index is 779. The van der Waals surface area contributed by atoms with E-state index in [1.165, 1.54) is 12.1 Å². The molecule has 0 radical (unpaired) electrons. The molecule has 1 aliphatic rings. The van der Waals surface area contributed by atoms with E-state index in [0.29, 0.717) is 18.1 Å². The molecule has 0 spiro atoms. The SMILES string of the molecule is O=C(NCCNc1ccc([N+](=O)[O-])cc1)C1CC1c1ccccc1Cl. The summed E-state index contributed by atoms with van der Waals surface area (Å²) in [5.41, 5.74) is 1.87. The van der Waals surface area contributed by atoms with Crippen LogP contribution in [0.15, 0.2) is 48.5 Å². The smallest absolute Gasteiger partial charge is 0.269 e. The summed E-state index contributed by atoms with van der Waals surface area (Å²) in [5.74, 6) is 0.228. The summed E-state index contributed by atoms with van der Waals surface area (Å²) in [6.45, 7) is 1.04. The monoisotopic (exact) mass is 359 g/mol. The van der Waals surface area contributed by atoms with E-state index < -0.39 is 4.92 Å². The average Bonchev–Trinajstić information content (AvgIpc) is 3.40. The van der Waals surface area contributed by atoms with Crippen LogP contribution in [0.25, 0.3) is 0 Å². The zero-order valence-electron chi connectivity index (χ0n) is 13.4. The van der Waals surface area contributed by atoms with Crippen LogP contribution >= 0.6 is 11.6 Å². The highest BCUT2D eigenvalue weighted by molar-refractivity contribution is 6.31. The van der Waals surface area contributed by atoms with Gasteiger partial charge in [0.15, 0.2) is 0 Å². The Kier molecular flexibility index (Phi) is 5.19. The molecular formula is C18H18ClN3O3. The largest absolute Gasteiger partial charge is 0.383 e. The molecule has 25 heavy (non-hydrogen) atoms. The molecule has 0 aliphatic heterocycles. The standard InChI is InChI=1S/C18H18ClN3O3/c19-17-4-2-1-3-14(17)15-11-16(15)18(23)21-10-9-20-12-5-7-13(8-6-12)22(24)25/h1-8,15-16,20H,9-11H2,(H,21,23). The molecule has 130 valence electrons. The first-order valence-corrected chi connectivity index (χ1v) is 8.44. The van der Waals surface area contributed by atoms with Crippen LogP contribution in [0.1, 0.15) is 17.9 Å². The lowest BCUT2D eigenvalue weighted by molar-refractivity contribution is -0.384. The van der Waals surface area contributed by atoms with E-state index in [4.69, 9.17) is 11.6 Å². The second-order valence-corrected chi connectivity index (χ2v) is 6.40. The Balaban J connectivity index is 1.40. The number of nitro benzene ring substituents is 1. The number of amides is 1. The molecule has 1 saturated carbocycles. The van der Waals surface area contributed by atoms with Crippen molar-refractivity contribution < 1.29 is 9.72 Å². The lowest BCUT2D eigenvalue weighted by atomic mass is 10.1. The number of carbonyl (C=O) groups is 1. The Morgan fingerprint density at radius 1 is 1.16 bits per heavy atom. The van der Waals surface area contributed by atoms with Gasteiger partial charge in [-0.25, -0.2) is 0 Å². The van der Waals surface area contributed by atoms with Crippen molar-refractivity contribution in [1.29, 1.82) is 0 Å². The number of hydrogen-bond donors (Lipinski definition) is 2. The number of non-ortho nitro benzene ring substituents is 1. The summed E-state index contributed by atoms with van der Waals surface area (Å²) >= 11 is 6.17. The van der Waals surface area contributed by atoms with Crippen molar-refractivity contribution in [1.82, 2.24) is 5.32 Å². The first-order chi connectivity index (χ1) is 12.1. The molecule has 7 heteroatoms. The van der Waals surface area contributed by atoms with Gasteiger partial charge in [-0.1, -0.05) is 29.8 Å². The van der Waals surface area contributed by atoms with Gasteiger partial charge in [-0.15, -0.1) is 0 Å². The van der Waals surface area contributed by atoms with E-state index in [2.05, 4.69) is 10.6 Å². The van der Waals surface area contributed by atoms with Gasteiger partial charge in [0.25, 0.3) is 5.69 Å². The molecule has 0 saturated heterocycles. The molecule has 0 heterocycles. The van der Waals surface area contributed by atoms with Crippen LogP contribution in [-0.2, 0) is 4.79 Å². The quantitative estimate of drug-likeness (QED) is 0.449. The average molecular weight is 360 g/mol. The number of benzene rings is 2. The topological polar surface area (TPSA) is 84.3 Å². The zero-order valence-corrected chi connectivity index (χ0v) is 14.2. The Morgan fingerprint density at radius 3 is 2.56 bits per heavy atom. The number of hydrogen-bond acceptors (Lipinski definition) is 4. The van der Waals surface area contributed by atoms with Crippen molar-refractivity contribution >= 4 is 28.9 Å². The second-order valence-electron chi connectivity index (χ2n) is 5.99. The normalized spacial score (nSPS) is 18.4. The minimum atomic E-state index is -0.435.